The minimum atomic E-state index is -0.511. The Morgan fingerprint density at radius 3 is 1.54 bits per heavy atom. The summed E-state index contributed by atoms with van der Waals surface area (Å²) in [5.41, 5.74) is 0.923. The van der Waals surface area contributed by atoms with Crippen LogP contribution in [-0.2, 0) is 0 Å². The van der Waals surface area contributed by atoms with E-state index in [-0.39, 0.29) is 22.9 Å². The fourth-order valence-electron chi connectivity index (χ4n) is 2.25. The third-order valence-electron chi connectivity index (χ3n) is 3.42. The molecule has 0 spiro atoms. The second kappa shape index (κ2) is 7.35. The zero-order valence-corrected chi connectivity index (χ0v) is 13.5. The van der Waals surface area contributed by atoms with Gasteiger partial charge in [-0.25, -0.2) is 4.98 Å². The molecule has 0 atom stereocenters. The number of carbonyl (C=O) groups is 2. The number of benzene rings is 2. The van der Waals surface area contributed by atoms with Gasteiger partial charge in [-0.2, -0.15) is 0 Å². The van der Waals surface area contributed by atoms with Gasteiger partial charge in [0.1, 0.15) is 22.9 Å². The maximum absolute atomic E-state index is 12.3. The van der Waals surface area contributed by atoms with Gasteiger partial charge < -0.3 is 20.8 Å². The Bertz CT molecular complexity index is 898. The van der Waals surface area contributed by atoms with Gasteiger partial charge in [0.2, 0.25) is 0 Å². The van der Waals surface area contributed by atoms with E-state index in [0.29, 0.717) is 11.4 Å². The molecule has 7 nitrogen and oxygen atoms in total. The number of aromatic nitrogens is 1. The van der Waals surface area contributed by atoms with E-state index in [0.717, 1.165) is 0 Å². The van der Waals surface area contributed by atoms with Crippen LogP contribution in [0.3, 0.4) is 0 Å². The van der Waals surface area contributed by atoms with E-state index in [1.54, 1.807) is 30.3 Å². The van der Waals surface area contributed by atoms with Crippen molar-refractivity contribution in [1.29, 1.82) is 0 Å². The van der Waals surface area contributed by atoms with Gasteiger partial charge in [0.15, 0.2) is 0 Å². The van der Waals surface area contributed by atoms with Crippen molar-refractivity contribution in [3.63, 3.8) is 0 Å². The molecular formula is C19H15N3O4. The van der Waals surface area contributed by atoms with Crippen LogP contribution in [0, 0.1) is 0 Å². The molecule has 0 radical (unpaired) electrons. The average Bonchev–Trinajstić information content (AvgIpc) is 2.62. The quantitative estimate of drug-likeness (QED) is 0.578. The molecule has 2 aromatic carbocycles. The van der Waals surface area contributed by atoms with Crippen LogP contribution in [-0.4, -0.2) is 27.0 Å². The number of amides is 2. The van der Waals surface area contributed by atoms with Crippen molar-refractivity contribution < 1.29 is 19.8 Å². The van der Waals surface area contributed by atoms with E-state index in [1.807, 2.05) is 0 Å². The van der Waals surface area contributed by atoms with Gasteiger partial charge in [-0.05, 0) is 36.4 Å². The highest BCUT2D eigenvalue weighted by molar-refractivity contribution is 6.06. The topological polar surface area (TPSA) is 112 Å². The van der Waals surface area contributed by atoms with E-state index in [2.05, 4.69) is 15.6 Å². The van der Waals surface area contributed by atoms with Gasteiger partial charge in [0.25, 0.3) is 11.8 Å². The van der Waals surface area contributed by atoms with Crippen LogP contribution < -0.4 is 10.6 Å². The summed E-state index contributed by atoms with van der Waals surface area (Å²) < 4.78 is 0. The third kappa shape index (κ3) is 4.15. The number of aromatic hydroxyl groups is 2. The highest BCUT2D eigenvalue weighted by Crippen LogP contribution is 2.17. The molecule has 0 aliphatic heterocycles. The van der Waals surface area contributed by atoms with Gasteiger partial charge >= 0.3 is 0 Å². The van der Waals surface area contributed by atoms with Crippen molar-refractivity contribution in [2.24, 2.45) is 0 Å². The first-order valence-electron chi connectivity index (χ1n) is 7.69. The van der Waals surface area contributed by atoms with Crippen molar-refractivity contribution in [3.05, 3.63) is 78.1 Å². The van der Waals surface area contributed by atoms with E-state index in [9.17, 15) is 19.8 Å². The third-order valence-corrected chi connectivity index (χ3v) is 3.42. The molecule has 7 heteroatoms. The van der Waals surface area contributed by atoms with Crippen LogP contribution in [0.2, 0.25) is 0 Å². The lowest BCUT2D eigenvalue weighted by atomic mass is 10.2. The molecule has 130 valence electrons. The summed E-state index contributed by atoms with van der Waals surface area (Å²) >= 11 is 0. The summed E-state index contributed by atoms with van der Waals surface area (Å²) in [6.45, 7) is 0. The van der Waals surface area contributed by atoms with Gasteiger partial charge in [0, 0.05) is 23.5 Å². The second-order valence-electron chi connectivity index (χ2n) is 5.42. The number of carbonyl (C=O) groups excluding carboxylic acids is 2. The van der Waals surface area contributed by atoms with Crippen molar-refractivity contribution in [2.75, 3.05) is 10.6 Å². The van der Waals surface area contributed by atoms with Crippen LogP contribution in [0.25, 0.3) is 0 Å². The summed E-state index contributed by atoms with van der Waals surface area (Å²) in [5, 5.41) is 24.1. The van der Waals surface area contributed by atoms with Crippen LogP contribution in [0.5, 0.6) is 11.5 Å². The molecule has 3 aromatic rings. The lowest BCUT2D eigenvalue weighted by molar-refractivity contribution is 0.101. The van der Waals surface area contributed by atoms with Crippen LogP contribution in [0.15, 0.2) is 66.7 Å². The van der Waals surface area contributed by atoms with Crippen molar-refractivity contribution in [3.8, 4) is 11.5 Å². The monoisotopic (exact) mass is 349 g/mol. The zero-order chi connectivity index (χ0) is 18.5. The average molecular weight is 349 g/mol. The largest absolute Gasteiger partial charge is 0.508 e. The molecule has 1 aromatic heterocycles. The number of phenolic OH excluding ortho intramolecular Hbond substituents is 2. The zero-order valence-electron chi connectivity index (χ0n) is 13.5. The van der Waals surface area contributed by atoms with Crippen molar-refractivity contribution in [1.82, 2.24) is 4.98 Å². The summed E-state index contributed by atoms with van der Waals surface area (Å²) in [5.74, 6) is -0.977. The number of rotatable bonds is 4. The number of nitrogens with zero attached hydrogens (tertiary/aromatic N) is 1. The minimum Gasteiger partial charge on any atom is -0.508 e. The number of pyridine rings is 1. The predicted octanol–water partition coefficient (Wildman–Crippen LogP) is 3.00. The number of phenols is 2. The van der Waals surface area contributed by atoms with Gasteiger partial charge in [-0.1, -0.05) is 18.2 Å². The Morgan fingerprint density at radius 2 is 1.12 bits per heavy atom. The Hall–Kier alpha value is -3.87. The Balaban J connectivity index is 1.75. The normalized spacial score (nSPS) is 10.2. The molecule has 0 aliphatic rings. The van der Waals surface area contributed by atoms with Gasteiger partial charge in [-0.3, -0.25) is 9.59 Å². The van der Waals surface area contributed by atoms with Crippen LogP contribution in [0.4, 0.5) is 11.4 Å². The Labute approximate surface area is 149 Å². The van der Waals surface area contributed by atoms with Gasteiger partial charge in [0.05, 0.1) is 0 Å². The standard InChI is InChI=1S/C19H15N3O4/c23-14-6-1-4-12(10-14)20-18(25)16-8-3-9-17(22-16)19(26)21-13-5-2-7-15(24)11-13/h1-11,23-24H,(H,20,25)(H,21,26). The Morgan fingerprint density at radius 1 is 0.692 bits per heavy atom. The highest BCUT2D eigenvalue weighted by atomic mass is 16.3. The van der Waals surface area contributed by atoms with Crippen LogP contribution in [0.1, 0.15) is 21.0 Å². The number of anilines is 2. The van der Waals surface area contributed by atoms with Crippen molar-refractivity contribution >= 4 is 23.2 Å². The maximum atomic E-state index is 12.3. The summed E-state index contributed by atoms with van der Waals surface area (Å²) in [4.78, 5) is 28.6. The molecule has 0 bridgehead atoms. The number of nitrogens with one attached hydrogen (secondary N) is 2. The highest BCUT2D eigenvalue weighted by Gasteiger charge is 2.13. The minimum absolute atomic E-state index is 0.0231. The predicted molar refractivity (Wildman–Crippen MR) is 96.4 cm³/mol. The first-order valence-corrected chi connectivity index (χ1v) is 7.69. The molecular weight excluding hydrogens is 334 g/mol. The molecule has 0 fully saturated rings. The summed E-state index contributed by atoms with van der Waals surface area (Å²) in [6.07, 6.45) is 0. The first-order chi connectivity index (χ1) is 12.5. The lowest BCUT2D eigenvalue weighted by Gasteiger charge is -2.08. The maximum Gasteiger partial charge on any atom is 0.274 e. The first kappa shape index (κ1) is 17.0. The van der Waals surface area contributed by atoms with Crippen molar-refractivity contribution in [2.45, 2.75) is 0 Å². The van der Waals surface area contributed by atoms with E-state index in [1.165, 1.54) is 36.4 Å². The fourth-order valence-corrected chi connectivity index (χ4v) is 2.25. The molecule has 2 amide bonds. The number of hydrogen-bond donors (Lipinski definition) is 4. The molecule has 0 unspecified atom stereocenters. The Kier molecular flexibility index (Phi) is 4.80. The second-order valence-corrected chi connectivity index (χ2v) is 5.42. The van der Waals surface area contributed by atoms with Gasteiger partial charge in [-0.15, -0.1) is 0 Å². The summed E-state index contributed by atoms with van der Waals surface area (Å²) in [7, 11) is 0. The molecule has 0 saturated carbocycles. The molecule has 3 rings (SSSR count). The molecule has 4 N–H and O–H groups in total. The molecule has 0 saturated heterocycles. The lowest BCUT2D eigenvalue weighted by Crippen LogP contribution is -2.18. The summed E-state index contributed by atoms with van der Waals surface area (Å²) in [6, 6.07) is 16.7. The SMILES string of the molecule is O=C(Nc1cccc(O)c1)c1cccc(C(=O)Nc2cccc(O)c2)n1. The smallest absolute Gasteiger partial charge is 0.274 e. The molecule has 1 heterocycles. The van der Waals surface area contributed by atoms with Crippen LogP contribution >= 0.6 is 0 Å². The number of hydrogen-bond acceptors (Lipinski definition) is 5. The molecule has 26 heavy (non-hydrogen) atoms. The molecule has 0 aliphatic carbocycles. The van der Waals surface area contributed by atoms with E-state index >= 15 is 0 Å². The fraction of sp³-hybridized carbons (Fsp3) is 0. The van der Waals surface area contributed by atoms with E-state index < -0.39 is 11.8 Å². The van der Waals surface area contributed by atoms with E-state index in [4.69, 9.17) is 0 Å².